The highest BCUT2D eigenvalue weighted by Gasteiger charge is 2.23. The second kappa shape index (κ2) is 17.4. The summed E-state index contributed by atoms with van der Waals surface area (Å²) in [4.78, 5) is 15.8. The van der Waals surface area contributed by atoms with Crippen molar-refractivity contribution >= 4 is 43.6 Å². The Hall–Kier alpha value is -10.2. The first-order valence-electron chi connectivity index (χ1n) is 23.8. The molecule has 7 nitrogen and oxygen atoms in total. The van der Waals surface area contributed by atoms with Crippen LogP contribution in [-0.4, -0.2) is 24.1 Å². The molecule has 0 amide bonds. The third-order valence-electron chi connectivity index (χ3n) is 13.7. The van der Waals surface area contributed by atoms with Crippen molar-refractivity contribution in [3.8, 4) is 91.1 Å². The minimum atomic E-state index is 0.535. The molecule has 7 heteroatoms. The van der Waals surface area contributed by atoms with Crippen molar-refractivity contribution in [3.63, 3.8) is 0 Å². The van der Waals surface area contributed by atoms with Gasteiger partial charge in [-0.05, 0) is 107 Å². The Morgan fingerprint density at radius 1 is 0.278 bits per heavy atom. The summed E-state index contributed by atoms with van der Waals surface area (Å²) in [7, 11) is 0. The highest BCUT2D eigenvalue weighted by molar-refractivity contribution is 6.13. The number of benzene rings is 10. The lowest BCUT2D eigenvalue weighted by Gasteiger charge is -2.18. The first-order chi connectivity index (χ1) is 35.6. The van der Waals surface area contributed by atoms with Gasteiger partial charge in [0, 0.05) is 43.8 Å². The fraction of sp³-hybridized carbons (Fsp3) is 0. The number of nitriles is 2. The van der Waals surface area contributed by atoms with Crippen LogP contribution in [0, 0.1) is 22.7 Å². The van der Waals surface area contributed by atoms with Crippen LogP contribution in [0.5, 0.6) is 0 Å². The molecule has 0 spiro atoms. The minimum absolute atomic E-state index is 0.535. The zero-order chi connectivity index (χ0) is 48.1. The molecule has 13 aromatic rings. The molecule has 10 aromatic carbocycles. The number of hydrogen-bond donors (Lipinski definition) is 0. The van der Waals surface area contributed by atoms with E-state index in [0.29, 0.717) is 28.6 Å². The normalized spacial score (nSPS) is 11.3. The van der Waals surface area contributed by atoms with Crippen molar-refractivity contribution in [1.82, 2.24) is 24.1 Å². The molecule has 0 aliphatic heterocycles. The molecule has 72 heavy (non-hydrogen) atoms. The Balaban J connectivity index is 1.10. The number of aromatic nitrogens is 5. The Morgan fingerprint density at radius 3 is 1.19 bits per heavy atom. The van der Waals surface area contributed by atoms with E-state index in [2.05, 4.69) is 149 Å². The molecule has 0 saturated heterocycles. The summed E-state index contributed by atoms with van der Waals surface area (Å²) in [5.41, 5.74) is 16.2. The lowest BCUT2D eigenvalue weighted by atomic mass is 9.99. The van der Waals surface area contributed by atoms with Crippen molar-refractivity contribution in [3.05, 3.63) is 248 Å². The minimum Gasteiger partial charge on any atom is -0.309 e. The van der Waals surface area contributed by atoms with Crippen molar-refractivity contribution in [1.29, 1.82) is 10.5 Å². The van der Waals surface area contributed by atoms with Gasteiger partial charge in [0.2, 0.25) is 0 Å². The number of nitrogens with zero attached hydrogens (tertiary/aromatic N) is 7. The van der Waals surface area contributed by atoms with Gasteiger partial charge in [-0.3, -0.25) is 0 Å². The molecule has 0 N–H and O–H groups in total. The molecular formula is C65H39N7. The van der Waals surface area contributed by atoms with E-state index in [-0.39, 0.29) is 0 Å². The lowest BCUT2D eigenvalue weighted by Crippen LogP contribution is -2.04. The van der Waals surface area contributed by atoms with E-state index in [1.807, 2.05) is 109 Å². The fourth-order valence-electron chi connectivity index (χ4n) is 10.2. The first-order valence-corrected chi connectivity index (χ1v) is 23.8. The maximum Gasteiger partial charge on any atom is 0.166 e. The Morgan fingerprint density at radius 2 is 0.681 bits per heavy atom. The van der Waals surface area contributed by atoms with Crippen molar-refractivity contribution in [2.24, 2.45) is 0 Å². The molecule has 0 aliphatic carbocycles. The Bertz CT molecular complexity index is 4100. The zero-order valence-electron chi connectivity index (χ0n) is 38.6. The van der Waals surface area contributed by atoms with Gasteiger partial charge >= 0.3 is 0 Å². The predicted octanol–water partition coefficient (Wildman–Crippen LogP) is 15.8. The van der Waals surface area contributed by atoms with E-state index >= 15 is 0 Å². The largest absolute Gasteiger partial charge is 0.309 e. The van der Waals surface area contributed by atoms with Crippen LogP contribution >= 0.6 is 0 Å². The lowest BCUT2D eigenvalue weighted by molar-refractivity contribution is 1.06. The number of hydrogen-bond acceptors (Lipinski definition) is 5. The van der Waals surface area contributed by atoms with Gasteiger partial charge in [-0.25, -0.2) is 15.0 Å². The molecular weight excluding hydrogens is 879 g/mol. The van der Waals surface area contributed by atoms with E-state index in [9.17, 15) is 10.5 Å². The van der Waals surface area contributed by atoms with E-state index in [1.54, 1.807) is 0 Å². The van der Waals surface area contributed by atoms with Crippen LogP contribution in [0.3, 0.4) is 0 Å². The van der Waals surface area contributed by atoms with Gasteiger partial charge in [0.15, 0.2) is 17.5 Å². The molecule has 0 fully saturated rings. The maximum absolute atomic E-state index is 9.60. The Kier molecular flexibility index (Phi) is 10.1. The van der Waals surface area contributed by atoms with Crippen molar-refractivity contribution in [2.45, 2.75) is 0 Å². The standard InChI is InChI=1S/C65H39N7/c66-40-42-23-27-44(28-24-42)48-31-34-60-54(37-48)55-38-49(45-29-25-43(41-67)26-30-45)32-35-61(55)72(60)62-36-33-50(51-17-7-10-20-57(51)71-58-21-11-8-18-52(58)53-19-9-12-22-59(53)71)39-56(62)65-69-63(46-13-3-1-4-14-46)68-64(70-65)47-15-5-2-6-16-47/h1-39H. The van der Waals surface area contributed by atoms with E-state index in [0.717, 1.165) is 94.3 Å². The van der Waals surface area contributed by atoms with Crippen molar-refractivity contribution < 1.29 is 0 Å². The zero-order valence-corrected chi connectivity index (χ0v) is 38.6. The quantitative estimate of drug-likeness (QED) is 0.151. The van der Waals surface area contributed by atoms with Gasteiger partial charge in [-0.1, -0.05) is 158 Å². The molecule has 0 bridgehead atoms. The van der Waals surface area contributed by atoms with E-state index in [1.165, 1.54) is 10.8 Å². The molecule has 3 aromatic heterocycles. The molecule has 0 radical (unpaired) electrons. The van der Waals surface area contributed by atoms with Gasteiger partial charge in [-0.2, -0.15) is 10.5 Å². The third-order valence-corrected chi connectivity index (χ3v) is 13.7. The highest BCUT2D eigenvalue weighted by Crippen LogP contribution is 2.43. The number of rotatable bonds is 8. The monoisotopic (exact) mass is 917 g/mol. The van der Waals surface area contributed by atoms with Crippen molar-refractivity contribution in [2.75, 3.05) is 0 Å². The summed E-state index contributed by atoms with van der Waals surface area (Å²) in [5.74, 6) is 1.68. The summed E-state index contributed by atoms with van der Waals surface area (Å²) in [6.45, 7) is 0. The van der Waals surface area contributed by atoms with Crippen LogP contribution in [0.4, 0.5) is 0 Å². The van der Waals surface area contributed by atoms with Crippen LogP contribution in [0.2, 0.25) is 0 Å². The smallest absolute Gasteiger partial charge is 0.166 e. The summed E-state index contributed by atoms with van der Waals surface area (Å²) >= 11 is 0. The molecule has 3 heterocycles. The van der Waals surface area contributed by atoms with Crippen LogP contribution in [0.15, 0.2) is 237 Å². The summed E-state index contributed by atoms with van der Waals surface area (Å²) in [6, 6.07) is 85.9. The van der Waals surface area contributed by atoms with E-state index < -0.39 is 0 Å². The second-order valence-electron chi connectivity index (χ2n) is 17.8. The van der Waals surface area contributed by atoms with Crippen LogP contribution in [-0.2, 0) is 0 Å². The predicted molar refractivity (Wildman–Crippen MR) is 291 cm³/mol. The van der Waals surface area contributed by atoms with Gasteiger partial charge in [0.25, 0.3) is 0 Å². The van der Waals surface area contributed by atoms with Crippen LogP contribution in [0.1, 0.15) is 11.1 Å². The van der Waals surface area contributed by atoms with E-state index in [4.69, 9.17) is 15.0 Å². The Labute approximate surface area is 415 Å². The molecule has 13 rings (SSSR count). The van der Waals surface area contributed by atoms with Gasteiger partial charge in [-0.15, -0.1) is 0 Å². The van der Waals surface area contributed by atoms with Gasteiger partial charge in [0.05, 0.1) is 56.7 Å². The summed E-state index contributed by atoms with van der Waals surface area (Å²) in [6.07, 6.45) is 0. The first kappa shape index (κ1) is 41.9. The topological polar surface area (TPSA) is 96.1 Å². The average molecular weight is 918 g/mol. The average Bonchev–Trinajstić information content (AvgIpc) is 3.97. The fourth-order valence-corrected chi connectivity index (χ4v) is 10.2. The second-order valence-corrected chi connectivity index (χ2v) is 17.8. The van der Waals surface area contributed by atoms with Gasteiger partial charge < -0.3 is 9.13 Å². The maximum atomic E-state index is 9.60. The summed E-state index contributed by atoms with van der Waals surface area (Å²) in [5, 5.41) is 23.7. The molecule has 0 saturated carbocycles. The highest BCUT2D eigenvalue weighted by atomic mass is 15.1. The van der Waals surface area contributed by atoms with Crippen LogP contribution < -0.4 is 0 Å². The third kappa shape index (κ3) is 7.17. The molecule has 0 aliphatic rings. The summed E-state index contributed by atoms with van der Waals surface area (Å²) < 4.78 is 4.71. The number of para-hydroxylation sites is 3. The molecule has 0 unspecified atom stereocenters. The molecule has 334 valence electrons. The number of fused-ring (bicyclic) bond motifs is 6. The van der Waals surface area contributed by atoms with Crippen LogP contribution in [0.25, 0.3) is 123 Å². The SMILES string of the molecule is N#Cc1ccc(-c2ccc3c(c2)c2cc(-c4ccc(C#N)cc4)ccc2n3-c2ccc(-c3ccccc3-n3c4ccccc4c4ccccc43)cc2-c2nc(-c3ccccc3)nc(-c3ccccc3)n2)cc1. The van der Waals surface area contributed by atoms with Gasteiger partial charge in [0.1, 0.15) is 0 Å². The molecule has 0 atom stereocenters.